The zero-order valence-electron chi connectivity index (χ0n) is 15.2. The van der Waals surface area contributed by atoms with Crippen LogP contribution in [0.3, 0.4) is 0 Å². The van der Waals surface area contributed by atoms with Crippen molar-refractivity contribution in [3.63, 3.8) is 0 Å². The minimum absolute atomic E-state index is 0.238. The molecule has 2 N–H and O–H groups in total. The lowest BCUT2D eigenvalue weighted by atomic mass is 10.1. The number of halogens is 1. The van der Waals surface area contributed by atoms with Gasteiger partial charge < -0.3 is 15.5 Å². The highest BCUT2D eigenvalue weighted by Gasteiger charge is 2.32. The van der Waals surface area contributed by atoms with Gasteiger partial charge in [-0.2, -0.15) is 0 Å². The molecule has 1 saturated heterocycles. The molecule has 7 heteroatoms. The molecule has 0 aliphatic carbocycles. The smallest absolute Gasteiger partial charge is 0.247 e. The van der Waals surface area contributed by atoms with Gasteiger partial charge in [-0.05, 0) is 42.3 Å². The van der Waals surface area contributed by atoms with Gasteiger partial charge in [0.25, 0.3) is 0 Å². The molecule has 0 saturated carbocycles. The number of rotatable bonds is 5. The Labute approximate surface area is 162 Å². The van der Waals surface area contributed by atoms with Crippen molar-refractivity contribution >= 4 is 35.0 Å². The molecule has 0 radical (unpaired) electrons. The van der Waals surface area contributed by atoms with Gasteiger partial charge in [-0.25, -0.2) is 4.39 Å². The van der Waals surface area contributed by atoms with Crippen molar-refractivity contribution in [2.45, 2.75) is 17.7 Å². The lowest BCUT2D eigenvalue weighted by molar-refractivity contribution is -0.126. The largest absolute Gasteiger partial charge is 0.378 e. The van der Waals surface area contributed by atoms with Gasteiger partial charge in [-0.3, -0.25) is 9.59 Å². The number of thioether (sulfide) groups is 1. The van der Waals surface area contributed by atoms with Crippen LogP contribution < -0.4 is 15.5 Å². The van der Waals surface area contributed by atoms with Crippen molar-refractivity contribution in [1.82, 2.24) is 5.32 Å². The van der Waals surface area contributed by atoms with Crippen molar-refractivity contribution in [2.24, 2.45) is 0 Å². The van der Waals surface area contributed by atoms with Crippen LogP contribution in [0, 0.1) is 5.82 Å². The van der Waals surface area contributed by atoms with Crippen LogP contribution in [-0.2, 0) is 16.0 Å². The summed E-state index contributed by atoms with van der Waals surface area (Å²) < 4.78 is 13.8. The van der Waals surface area contributed by atoms with Gasteiger partial charge in [0.2, 0.25) is 11.8 Å². The van der Waals surface area contributed by atoms with E-state index in [0.717, 1.165) is 5.69 Å². The molecule has 27 heavy (non-hydrogen) atoms. The maximum absolute atomic E-state index is 13.8. The molecule has 2 aromatic rings. The predicted octanol–water partition coefficient (Wildman–Crippen LogP) is 2.67. The summed E-state index contributed by atoms with van der Waals surface area (Å²) in [5.41, 5.74) is 2.22. The molecule has 1 aliphatic heterocycles. The van der Waals surface area contributed by atoms with Crippen molar-refractivity contribution in [3.05, 3.63) is 59.9 Å². The molecule has 0 spiro atoms. The van der Waals surface area contributed by atoms with E-state index in [1.807, 2.05) is 43.3 Å². The van der Waals surface area contributed by atoms with Gasteiger partial charge >= 0.3 is 0 Å². The summed E-state index contributed by atoms with van der Waals surface area (Å²) in [5, 5.41) is 5.18. The van der Waals surface area contributed by atoms with Crippen LogP contribution in [0.15, 0.2) is 48.5 Å². The lowest BCUT2D eigenvalue weighted by Crippen LogP contribution is -2.52. The van der Waals surface area contributed by atoms with E-state index in [9.17, 15) is 14.0 Å². The first-order chi connectivity index (χ1) is 12.9. The average Bonchev–Trinajstić information content (AvgIpc) is 2.65. The Morgan fingerprint density at radius 3 is 2.56 bits per heavy atom. The maximum atomic E-state index is 13.8. The summed E-state index contributed by atoms with van der Waals surface area (Å²) in [5.74, 6) is -0.353. The Morgan fingerprint density at radius 1 is 1.22 bits per heavy atom. The van der Waals surface area contributed by atoms with Crippen LogP contribution in [0.2, 0.25) is 0 Å². The summed E-state index contributed by atoms with van der Waals surface area (Å²) in [7, 11) is 3.89. The minimum Gasteiger partial charge on any atom is -0.378 e. The Morgan fingerprint density at radius 2 is 1.93 bits per heavy atom. The van der Waals surface area contributed by atoms with Crippen LogP contribution in [-0.4, -0.2) is 43.0 Å². The minimum atomic E-state index is -0.604. The third kappa shape index (κ3) is 4.80. The Bertz CT molecular complexity index is 826. The van der Waals surface area contributed by atoms with Crippen molar-refractivity contribution < 1.29 is 14.0 Å². The van der Waals surface area contributed by atoms with Crippen LogP contribution >= 0.6 is 11.8 Å². The second-order valence-corrected chi connectivity index (χ2v) is 7.84. The van der Waals surface area contributed by atoms with Crippen LogP contribution in [0.5, 0.6) is 0 Å². The first-order valence-electron chi connectivity index (χ1n) is 8.67. The fraction of sp³-hybridized carbons (Fsp3) is 0.300. The quantitative estimate of drug-likeness (QED) is 0.828. The first-order valence-corrected chi connectivity index (χ1v) is 9.72. The molecule has 2 unspecified atom stereocenters. The number of carbonyl (C=O) groups is 2. The molecule has 1 fully saturated rings. The number of nitrogens with zero attached hydrogens (tertiary/aromatic N) is 1. The predicted molar refractivity (Wildman–Crippen MR) is 108 cm³/mol. The molecule has 1 aliphatic rings. The van der Waals surface area contributed by atoms with Crippen molar-refractivity contribution in [3.8, 4) is 0 Å². The Balaban J connectivity index is 1.56. The number of hydrogen-bond acceptors (Lipinski definition) is 4. The normalized spacial score (nSPS) is 19.3. The van der Waals surface area contributed by atoms with E-state index < -0.39 is 11.3 Å². The molecule has 0 bridgehead atoms. The van der Waals surface area contributed by atoms with Crippen molar-refractivity contribution in [1.29, 1.82) is 0 Å². The number of hydrogen-bond donors (Lipinski definition) is 2. The van der Waals surface area contributed by atoms with Gasteiger partial charge in [0.05, 0.1) is 5.25 Å². The van der Waals surface area contributed by atoms with Gasteiger partial charge in [-0.1, -0.05) is 18.2 Å². The summed E-state index contributed by atoms with van der Waals surface area (Å²) in [6.45, 7) is 0. The number of carbonyl (C=O) groups excluding carboxylic acids is 2. The van der Waals surface area contributed by atoms with E-state index in [1.54, 1.807) is 18.2 Å². The molecule has 0 aromatic heterocycles. The lowest BCUT2D eigenvalue weighted by Gasteiger charge is -2.28. The topological polar surface area (TPSA) is 61.4 Å². The molecular formula is C20H22FN3O2S. The van der Waals surface area contributed by atoms with Crippen LogP contribution in [0.1, 0.15) is 5.56 Å². The van der Waals surface area contributed by atoms with E-state index in [4.69, 9.17) is 0 Å². The van der Waals surface area contributed by atoms with Crippen LogP contribution in [0.25, 0.3) is 0 Å². The number of anilines is 2. The molecule has 2 aromatic carbocycles. The van der Waals surface area contributed by atoms with Crippen LogP contribution in [0.4, 0.5) is 15.8 Å². The highest BCUT2D eigenvalue weighted by atomic mass is 32.2. The summed E-state index contributed by atoms with van der Waals surface area (Å²) in [6.07, 6.45) is 0.309. The van der Waals surface area contributed by atoms with Crippen molar-refractivity contribution in [2.75, 3.05) is 30.1 Å². The fourth-order valence-corrected chi connectivity index (χ4v) is 4.00. The zero-order chi connectivity index (χ0) is 19.4. The van der Waals surface area contributed by atoms with Gasteiger partial charge in [0.15, 0.2) is 0 Å². The van der Waals surface area contributed by atoms with Gasteiger partial charge in [0, 0.05) is 31.2 Å². The fourth-order valence-electron chi connectivity index (χ4n) is 2.82. The second-order valence-electron chi connectivity index (χ2n) is 6.61. The molecule has 3 rings (SSSR count). The van der Waals surface area contributed by atoms with E-state index in [-0.39, 0.29) is 17.6 Å². The number of benzene rings is 2. The van der Waals surface area contributed by atoms with E-state index in [2.05, 4.69) is 10.6 Å². The van der Waals surface area contributed by atoms with E-state index in [0.29, 0.717) is 23.4 Å². The molecule has 5 nitrogen and oxygen atoms in total. The van der Waals surface area contributed by atoms with E-state index in [1.165, 1.54) is 17.8 Å². The van der Waals surface area contributed by atoms with Gasteiger partial charge in [-0.15, -0.1) is 11.8 Å². The zero-order valence-corrected chi connectivity index (χ0v) is 16.1. The highest BCUT2D eigenvalue weighted by molar-refractivity contribution is 8.00. The number of nitrogens with one attached hydrogen (secondary N) is 2. The SMILES string of the molecule is CN(C)c1ccc(NC(=O)C2CSC(Cc3ccccc3F)C(=O)N2)cc1. The summed E-state index contributed by atoms with van der Waals surface area (Å²) in [4.78, 5) is 26.8. The second kappa shape index (κ2) is 8.43. The molecule has 2 amide bonds. The summed E-state index contributed by atoms with van der Waals surface area (Å²) >= 11 is 1.38. The monoisotopic (exact) mass is 387 g/mol. The maximum Gasteiger partial charge on any atom is 0.247 e. The Hall–Kier alpha value is -2.54. The standard InChI is InChI=1S/C20H22FN3O2S/c1-24(2)15-9-7-14(8-10-15)22-19(25)17-12-27-18(20(26)23-17)11-13-5-3-4-6-16(13)21/h3-10,17-18H,11-12H2,1-2H3,(H,22,25)(H,23,26). The summed E-state index contributed by atoms with van der Waals surface area (Å²) in [6, 6.07) is 13.3. The third-order valence-electron chi connectivity index (χ3n) is 4.40. The molecule has 2 atom stereocenters. The third-order valence-corrected chi connectivity index (χ3v) is 5.71. The first kappa shape index (κ1) is 19.2. The Kier molecular flexibility index (Phi) is 6.01. The van der Waals surface area contributed by atoms with E-state index >= 15 is 0 Å². The molecular weight excluding hydrogens is 365 g/mol. The molecule has 1 heterocycles. The highest BCUT2D eigenvalue weighted by Crippen LogP contribution is 2.24. The average molecular weight is 387 g/mol. The molecule has 142 valence electrons. The number of amides is 2. The van der Waals surface area contributed by atoms with Gasteiger partial charge in [0.1, 0.15) is 11.9 Å².